The molecule has 120 valence electrons. The minimum atomic E-state index is -0.455. The fourth-order valence-corrected chi connectivity index (χ4v) is 3.03. The van der Waals surface area contributed by atoms with Crippen molar-refractivity contribution < 1.29 is 9.59 Å². The van der Waals surface area contributed by atoms with Gasteiger partial charge in [-0.3, -0.25) is 14.6 Å². The smallest absolute Gasteiger partial charge is 0.252 e. The number of piperidine rings is 1. The van der Waals surface area contributed by atoms with Gasteiger partial charge < -0.3 is 10.6 Å². The van der Waals surface area contributed by atoms with Crippen LogP contribution in [-0.2, 0) is 4.79 Å². The van der Waals surface area contributed by atoms with E-state index in [4.69, 9.17) is 0 Å². The van der Waals surface area contributed by atoms with Gasteiger partial charge in [-0.2, -0.15) is 0 Å². The lowest BCUT2D eigenvalue weighted by Gasteiger charge is -2.23. The van der Waals surface area contributed by atoms with E-state index in [-0.39, 0.29) is 11.8 Å². The molecule has 1 aromatic carbocycles. The Labute approximate surface area is 135 Å². The van der Waals surface area contributed by atoms with Crippen LogP contribution in [0.2, 0.25) is 0 Å². The summed E-state index contributed by atoms with van der Waals surface area (Å²) in [7, 11) is 0. The Morgan fingerprint density at radius 2 is 2.09 bits per heavy atom. The van der Waals surface area contributed by atoms with E-state index in [1.165, 1.54) is 0 Å². The predicted octanol–water partition coefficient (Wildman–Crippen LogP) is 2.17. The second kappa shape index (κ2) is 5.99. The van der Waals surface area contributed by atoms with Crippen LogP contribution in [0.5, 0.6) is 0 Å². The molecule has 0 bridgehead atoms. The van der Waals surface area contributed by atoms with Crippen molar-refractivity contribution in [3.05, 3.63) is 40.6 Å². The average molecular weight is 311 g/mol. The lowest BCUT2D eigenvalue weighted by molar-refractivity contribution is -0.124. The zero-order valence-electron chi connectivity index (χ0n) is 13.7. The lowest BCUT2D eigenvalue weighted by atomic mass is 9.98. The molecule has 2 aromatic rings. The molecule has 0 unspecified atom stereocenters. The molecular formula is C18H21N3O2. The Morgan fingerprint density at radius 3 is 2.83 bits per heavy atom. The number of hydrogen-bond acceptors (Lipinski definition) is 3. The Hall–Kier alpha value is -2.43. The summed E-state index contributed by atoms with van der Waals surface area (Å²) in [5, 5.41) is 6.52. The second-order valence-corrected chi connectivity index (χ2v) is 6.18. The van der Waals surface area contributed by atoms with Crippen molar-refractivity contribution in [2.24, 2.45) is 0 Å². The van der Waals surface area contributed by atoms with Crippen LogP contribution in [0.1, 0.15) is 40.0 Å². The van der Waals surface area contributed by atoms with Crippen molar-refractivity contribution in [2.75, 3.05) is 6.54 Å². The van der Waals surface area contributed by atoms with E-state index < -0.39 is 6.04 Å². The number of amides is 2. The highest BCUT2D eigenvalue weighted by Gasteiger charge is 2.26. The maximum Gasteiger partial charge on any atom is 0.252 e. The van der Waals surface area contributed by atoms with Crippen LogP contribution in [0.15, 0.2) is 18.2 Å². The first-order valence-electron chi connectivity index (χ1n) is 7.93. The van der Waals surface area contributed by atoms with Crippen molar-refractivity contribution in [3.8, 4) is 0 Å². The summed E-state index contributed by atoms with van der Waals surface area (Å²) in [5.74, 6) is -0.306. The maximum atomic E-state index is 12.8. The number of fused-ring (bicyclic) bond motifs is 1. The molecule has 1 aliphatic rings. The van der Waals surface area contributed by atoms with Crippen LogP contribution in [-0.4, -0.2) is 29.4 Å². The largest absolute Gasteiger partial charge is 0.354 e. The molecule has 23 heavy (non-hydrogen) atoms. The molecule has 1 fully saturated rings. The Morgan fingerprint density at radius 1 is 1.30 bits per heavy atom. The normalized spacial score (nSPS) is 17.9. The summed E-state index contributed by atoms with van der Waals surface area (Å²) in [5.41, 5.74) is 4.19. The van der Waals surface area contributed by atoms with Gasteiger partial charge in [-0.1, -0.05) is 11.6 Å². The second-order valence-electron chi connectivity index (χ2n) is 6.18. The molecule has 5 heteroatoms. The van der Waals surface area contributed by atoms with Crippen LogP contribution in [0.4, 0.5) is 0 Å². The molecular weight excluding hydrogens is 290 g/mol. The van der Waals surface area contributed by atoms with Gasteiger partial charge >= 0.3 is 0 Å². The number of carbonyl (C=O) groups excluding carboxylic acids is 2. The van der Waals surface area contributed by atoms with Gasteiger partial charge in [0, 0.05) is 17.6 Å². The number of pyridine rings is 1. The third kappa shape index (κ3) is 2.91. The third-order valence-corrected chi connectivity index (χ3v) is 4.44. The van der Waals surface area contributed by atoms with Gasteiger partial charge in [0.2, 0.25) is 5.91 Å². The number of aromatic nitrogens is 1. The van der Waals surface area contributed by atoms with Crippen LogP contribution in [0, 0.1) is 20.8 Å². The molecule has 5 nitrogen and oxygen atoms in total. The molecule has 1 atom stereocenters. The van der Waals surface area contributed by atoms with Gasteiger partial charge in [-0.15, -0.1) is 0 Å². The Balaban J connectivity index is 2.03. The van der Waals surface area contributed by atoms with Gasteiger partial charge in [-0.05, 0) is 51.3 Å². The van der Waals surface area contributed by atoms with E-state index in [1.54, 1.807) is 0 Å². The molecule has 1 aliphatic heterocycles. The van der Waals surface area contributed by atoms with Crippen molar-refractivity contribution in [1.82, 2.24) is 15.6 Å². The van der Waals surface area contributed by atoms with Crippen molar-refractivity contribution >= 4 is 22.7 Å². The highest BCUT2D eigenvalue weighted by Crippen LogP contribution is 2.24. The molecule has 3 rings (SSSR count). The van der Waals surface area contributed by atoms with Gasteiger partial charge in [0.05, 0.1) is 11.1 Å². The summed E-state index contributed by atoms with van der Waals surface area (Å²) in [6, 6.07) is 5.44. The summed E-state index contributed by atoms with van der Waals surface area (Å²) in [6.45, 7) is 6.48. The van der Waals surface area contributed by atoms with E-state index in [1.807, 2.05) is 39.0 Å². The molecule has 0 spiro atoms. The number of nitrogens with zero attached hydrogens (tertiary/aromatic N) is 1. The fraction of sp³-hybridized carbons (Fsp3) is 0.389. The van der Waals surface area contributed by atoms with Crippen molar-refractivity contribution in [1.29, 1.82) is 0 Å². The molecule has 0 radical (unpaired) electrons. The number of rotatable bonds is 2. The Kier molecular flexibility index (Phi) is 4.03. The standard InChI is InChI=1S/C18H21N3O2/c1-10-6-7-14-13(9-10)16(11(2)12(3)20-14)18(23)21-15-5-4-8-19-17(15)22/h6-7,9,15H,4-5,8H2,1-3H3,(H,19,22)(H,21,23)/t15-/m0/s1. The SMILES string of the molecule is Cc1ccc2nc(C)c(C)c(C(=O)N[C@H]3CCCNC3=O)c2c1. The molecule has 2 heterocycles. The minimum Gasteiger partial charge on any atom is -0.354 e. The van der Waals surface area contributed by atoms with Gasteiger partial charge in [-0.25, -0.2) is 0 Å². The fourth-order valence-electron chi connectivity index (χ4n) is 3.03. The summed E-state index contributed by atoms with van der Waals surface area (Å²) in [6.07, 6.45) is 1.56. The first-order chi connectivity index (χ1) is 11.0. The van der Waals surface area contributed by atoms with Crippen molar-refractivity contribution in [3.63, 3.8) is 0 Å². The summed E-state index contributed by atoms with van der Waals surface area (Å²) >= 11 is 0. The number of aryl methyl sites for hydroxylation is 2. The van der Waals surface area contributed by atoms with Gasteiger partial charge in [0.1, 0.15) is 6.04 Å². The molecule has 1 saturated heterocycles. The molecule has 2 amide bonds. The number of benzene rings is 1. The zero-order chi connectivity index (χ0) is 16.6. The van der Waals surface area contributed by atoms with Gasteiger partial charge in [0.15, 0.2) is 0 Å². The molecule has 1 aromatic heterocycles. The summed E-state index contributed by atoms with van der Waals surface area (Å²) < 4.78 is 0. The number of carbonyl (C=O) groups is 2. The molecule has 0 saturated carbocycles. The van der Waals surface area contributed by atoms with Crippen LogP contribution in [0.3, 0.4) is 0 Å². The maximum absolute atomic E-state index is 12.8. The van der Waals surface area contributed by atoms with E-state index in [0.29, 0.717) is 18.5 Å². The van der Waals surface area contributed by atoms with Crippen molar-refractivity contribution in [2.45, 2.75) is 39.7 Å². The topological polar surface area (TPSA) is 71.1 Å². The summed E-state index contributed by atoms with van der Waals surface area (Å²) in [4.78, 5) is 29.3. The van der Waals surface area contributed by atoms with E-state index in [0.717, 1.165) is 34.1 Å². The third-order valence-electron chi connectivity index (χ3n) is 4.44. The highest BCUT2D eigenvalue weighted by molar-refractivity contribution is 6.09. The monoisotopic (exact) mass is 311 g/mol. The first kappa shape index (κ1) is 15.5. The minimum absolute atomic E-state index is 0.103. The Bertz CT molecular complexity index is 798. The van der Waals surface area contributed by atoms with Crippen LogP contribution >= 0.6 is 0 Å². The lowest BCUT2D eigenvalue weighted by Crippen LogP contribution is -2.50. The zero-order valence-corrected chi connectivity index (χ0v) is 13.7. The van der Waals surface area contributed by atoms with E-state index in [9.17, 15) is 9.59 Å². The van der Waals surface area contributed by atoms with E-state index >= 15 is 0 Å². The van der Waals surface area contributed by atoms with E-state index in [2.05, 4.69) is 15.6 Å². The quantitative estimate of drug-likeness (QED) is 0.893. The number of nitrogens with one attached hydrogen (secondary N) is 2. The molecule has 2 N–H and O–H groups in total. The highest BCUT2D eigenvalue weighted by atomic mass is 16.2. The molecule has 0 aliphatic carbocycles. The average Bonchev–Trinajstić information content (AvgIpc) is 2.51. The van der Waals surface area contributed by atoms with Crippen LogP contribution < -0.4 is 10.6 Å². The van der Waals surface area contributed by atoms with Crippen LogP contribution in [0.25, 0.3) is 10.9 Å². The first-order valence-corrected chi connectivity index (χ1v) is 7.93. The number of hydrogen-bond donors (Lipinski definition) is 2. The van der Waals surface area contributed by atoms with Gasteiger partial charge in [0.25, 0.3) is 5.91 Å². The predicted molar refractivity (Wildman–Crippen MR) is 89.5 cm³/mol.